The molecule has 1 N–H and O–H groups in total. The van der Waals surface area contributed by atoms with Crippen molar-refractivity contribution in [3.05, 3.63) is 72.1 Å². The van der Waals surface area contributed by atoms with Gasteiger partial charge in [-0.25, -0.2) is 4.68 Å². The zero-order valence-electron chi connectivity index (χ0n) is 13.6. The molecule has 0 saturated carbocycles. The molecule has 0 radical (unpaired) electrons. The molecular formula is C18H14F3N3O2. The third-order valence-corrected chi connectivity index (χ3v) is 3.62. The van der Waals surface area contributed by atoms with Gasteiger partial charge in [0.1, 0.15) is 0 Å². The number of nitrogens with zero attached hydrogens (tertiary/aromatic N) is 2. The highest BCUT2D eigenvalue weighted by molar-refractivity contribution is 6.05. The highest BCUT2D eigenvalue weighted by atomic mass is 19.4. The number of hydrogen-bond donors (Lipinski definition) is 1. The molecule has 5 nitrogen and oxygen atoms in total. The maximum Gasteiger partial charge on any atom is 0.573 e. The van der Waals surface area contributed by atoms with Crippen LogP contribution < -0.4 is 10.1 Å². The van der Waals surface area contributed by atoms with Crippen molar-refractivity contribution < 1.29 is 22.7 Å². The van der Waals surface area contributed by atoms with Crippen molar-refractivity contribution in [3.63, 3.8) is 0 Å². The largest absolute Gasteiger partial charge is 0.573 e. The molecule has 2 aromatic carbocycles. The van der Waals surface area contributed by atoms with Crippen molar-refractivity contribution in [2.24, 2.45) is 0 Å². The smallest absolute Gasteiger partial charge is 0.404 e. The number of anilines is 1. The van der Waals surface area contributed by atoms with Crippen molar-refractivity contribution in [3.8, 4) is 11.4 Å². The lowest BCUT2D eigenvalue weighted by Gasteiger charge is -2.13. The maximum atomic E-state index is 12.5. The van der Waals surface area contributed by atoms with Crippen LogP contribution in [0, 0.1) is 6.92 Å². The number of rotatable bonds is 4. The predicted octanol–water partition coefficient (Wildman–Crippen LogP) is 4.33. The first-order valence-corrected chi connectivity index (χ1v) is 7.61. The highest BCUT2D eigenvalue weighted by Crippen LogP contribution is 2.30. The van der Waals surface area contributed by atoms with E-state index in [4.69, 9.17) is 0 Å². The Morgan fingerprint density at radius 3 is 2.42 bits per heavy atom. The summed E-state index contributed by atoms with van der Waals surface area (Å²) in [5, 5.41) is 6.61. The van der Waals surface area contributed by atoms with Gasteiger partial charge in [-0.1, -0.05) is 30.3 Å². The highest BCUT2D eigenvalue weighted by Gasteiger charge is 2.32. The Bertz CT molecular complexity index is 921. The number of hydrogen-bond acceptors (Lipinski definition) is 3. The lowest BCUT2D eigenvalue weighted by Crippen LogP contribution is -2.19. The molecule has 26 heavy (non-hydrogen) atoms. The normalized spacial score (nSPS) is 11.2. The number of aromatic nitrogens is 2. The monoisotopic (exact) mass is 361 g/mol. The third-order valence-electron chi connectivity index (χ3n) is 3.62. The summed E-state index contributed by atoms with van der Waals surface area (Å²) in [6.45, 7) is 1.70. The van der Waals surface area contributed by atoms with Gasteiger partial charge in [-0.3, -0.25) is 4.79 Å². The summed E-state index contributed by atoms with van der Waals surface area (Å²) < 4.78 is 43.0. The minimum Gasteiger partial charge on any atom is -0.404 e. The Balaban J connectivity index is 1.85. The standard InChI is InChI=1S/C18H14F3N3O2/c1-12-14(11-22-24(12)13-7-3-2-4-8-13)17(25)23-15-9-5-6-10-16(15)26-18(19,20)21/h2-11H,1H3,(H,23,25). The Labute approximate surface area is 147 Å². The average molecular weight is 361 g/mol. The van der Waals surface area contributed by atoms with E-state index in [0.29, 0.717) is 5.69 Å². The zero-order valence-corrected chi connectivity index (χ0v) is 13.6. The molecule has 0 bridgehead atoms. The van der Waals surface area contributed by atoms with E-state index in [1.807, 2.05) is 30.3 Å². The van der Waals surface area contributed by atoms with E-state index in [1.165, 1.54) is 24.4 Å². The van der Waals surface area contributed by atoms with Crippen molar-refractivity contribution in [1.29, 1.82) is 0 Å². The molecule has 0 spiro atoms. The van der Waals surface area contributed by atoms with Gasteiger partial charge in [0, 0.05) is 0 Å². The Morgan fingerprint density at radius 2 is 1.73 bits per heavy atom. The second-order valence-electron chi connectivity index (χ2n) is 5.39. The summed E-state index contributed by atoms with van der Waals surface area (Å²) in [4.78, 5) is 12.5. The van der Waals surface area contributed by atoms with E-state index in [2.05, 4.69) is 15.2 Å². The van der Waals surface area contributed by atoms with Gasteiger partial charge in [0.25, 0.3) is 5.91 Å². The molecule has 0 saturated heterocycles. The predicted molar refractivity (Wildman–Crippen MR) is 89.4 cm³/mol. The first-order chi connectivity index (χ1) is 12.3. The van der Waals surface area contributed by atoms with Crippen LogP contribution in [0.2, 0.25) is 0 Å². The van der Waals surface area contributed by atoms with Crippen molar-refractivity contribution >= 4 is 11.6 Å². The lowest BCUT2D eigenvalue weighted by molar-refractivity contribution is -0.274. The van der Waals surface area contributed by atoms with E-state index >= 15 is 0 Å². The molecule has 0 aliphatic heterocycles. The summed E-state index contributed by atoms with van der Waals surface area (Å²) in [6, 6.07) is 14.5. The molecular weight excluding hydrogens is 347 g/mol. The Hall–Kier alpha value is -3.29. The number of carbonyl (C=O) groups is 1. The van der Waals surface area contributed by atoms with E-state index in [0.717, 1.165) is 11.8 Å². The first kappa shape index (κ1) is 17.5. The fourth-order valence-electron chi connectivity index (χ4n) is 2.44. The molecule has 3 aromatic rings. The summed E-state index contributed by atoms with van der Waals surface area (Å²) in [5.74, 6) is -1.07. The minimum absolute atomic E-state index is 0.0818. The van der Waals surface area contributed by atoms with Crippen LogP contribution in [0.1, 0.15) is 16.1 Å². The van der Waals surface area contributed by atoms with E-state index in [1.54, 1.807) is 11.6 Å². The fraction of sp³-hybridized carbons (Fsp3) is 0.111. The number of carbonyl (C=O) groups excluding carboxylic acids is 1. The molecule has 1 amide bonds. The molecule has 8 heteroatoms. The molecule has 0 fully saturated rings. The quantitative estimate of drug-likeness (QED) is 0.752. The summed E-state index contributed by atoms with van der Waals surface area (Å²) >= 11 is 0. The second-order valence-corrected chi connectivity index (χ2v) is 5.39. The van der Waals surface area contributed by atoms with E-state index in [9.17, 15) is 18.0 Å². The van der Waals surface area contributed by atoms with Crippen LogP contribution in [0.15, 0.2) is 60.8 Å². The summed E-state index contributed by atoms with van der Waals surface area (Å²) in [6.07, 6.45) is -3.49. The van der Waals surface area contributed by atoms with Gasteiger partial charge in [0.2, 0.25) is 0 Å². The second kappa shape index (κ2) is 6.91. The number of nitrogens with one attached hydrogen (secondary N) is 1. The molecule has 0 unspecified atom stereocenters. The van der Waals surface area contributed by atoms with E-state index in [-0.39, 0.29) is 11.3 Å². The molecule has 134 valence electrons. The number of amides is 1. The Morgan fingerprint density at radius 1 is 1.08 bits per heavy atom. The van der Waals surface area contributed by atoms with Gasteiger partial charge >= 0.3 is 6.36 Å². The first-order valence-electron chi connectivity index (χ1n) is 7.61. The molecule has 3 rings (SSSR count). The summed E-state index contributed by atoms with van der Waals surface area (Å²) in [5.41, 5.74) is 1.49. The van der Waals surface area contributed by atoms with Gasteiger partial charge < -0.3 is 10.1 Å². The SMILES string of the molecule is Cc1c(C(=O)Nc2ccccc2OC(F)(F)F)cnn1-c1ccccc1. The topological polar surface area (TPSA) is 56.1 Å². The molecule has 0 atom stereocenters. The van der Waals surface area contributed by atoms with Gasteiger partial charge in [-0.15, -0.1) is 13.2 Å². The average Bonchev–Trinajstić information content (AvgIpc) is 2.98. The van der Waals surface area contributed by atoms with E-state index < -0.39 is 18.0 Å². The molecule has 1 aromatic heterocycles. The van der Waals surface area contributed by atoms with Crippen LogP contribution in [-0.2, 0) is 0 Å². The van der Waals surface area contributed by atoms with Crippen molar-refractivity contribution in [2.75, 3.05) is 5.32 Å². The number of halogens is 3. The van der Waals surface area contributed by atoms with Crippen LogP contribution in [0.25, 0.3) is 5.69 Å². The lowest BCUT2D eigenvalue weighted by atomic mass is 10.2. The molecule has 0 aliphatic carbocycles. The van der Waals surface area contributed by atoms with Crippen LogP contribution in [0.4, 0.5) is 18.9 Å². The van der Waals surface area contributed by atoms with Crippen LogP contribution in [-0.4, -0.2) is 22.1 Å². The third kappa shape index (κ3) is 3.85. The van der Waals surface area contributed by atoms with Gasteiger partial charge in [0.15, 0.2) is 5.75 Å². The fourth-order valence-corrected chi connectivity index (χ4v) is 2.44. The number of para-hydroxylation sites is 3. The molecule has 0 aliphatic rings. The maximum absolute atomic E-state index is 12.5. The van der Waals surface area contributed by atoms with Crippen molar-refractivity contribution in [1.82, 2.24) is 9.78 Å². The van der Waals surface area contributed by atoms with Crippen LogP contribution in [0.5, 0.6) is 5.75 Å². The minimum atomic E-state index is -4.85. The van der Waals surface area contributed by atoms with Gasteiger partial charge in [-0.05, 0) is 31.2 Å². The Kier molecular flexibility index (Phi) is 4.66. The van der Waals surface area contributed by atoms with Gasteiger partial charge in [0.05, 0.1) is 28.8 Å². The number of benzene rings is 2. The van der Waals surface area contributed by atoms with Gasteiger partial charge in [-0.2, -0.15) is 5.10 Å². The van der Waals surface area contributed by atoms with Crippen molar-refractivity contribution in [2.45, 2.75) is 13.3 Å². The van der Waals surface area contributed by atoms with Crippen LogP contribution >= 0.6 is 0 Å². The number of alkyl halides is 3. The molecule has 1 heterocycles. The van der Waals surface area contributed by atoms with Crippen LogP contribution in [0.3, 0.4) is 0 Å². The number of ether oxygens (including phenoxy) is 1. The summed E-state index contributed by atoms with van der Waals surface area (Å²) in [7, 11) is 0. The zero-order chi connectivity index (χ0) is 18.7.